The number of hydrogen-bond donors (Lipinski definition) is 0. The summed E-state index contributed by atoms with van der Waals surface area (Å²) in [6.45, 7) is 4.18. The molecule has 170 valence electrons. The van der Waals surface area contributed by atoms with Crippen LogP contribution in [0.2, 0.25) is 10.0 Å². The van der Waals surface area contributed by atoms with Gasteiger partial charge in [0.2, 0.25) is 0 Å². The van der Waals surface area contributed by atoms with Gasteiger partial charge in [0.05, 0.1) is 27.2 Å². The third kappa shape index (κ3) is 6.19. The molecule has 0 N–H and O–H groups in total. The zero-order valence-corrected chi connectivity index (χ0v) is 21.2. The molecule has 2 aromatic rings. The van der Waals surface area contributed by atoms with Crippen molar-refractivity contribution < 1.29 is 9.53 Å². The maximum absolute atomic E-state index is 12.9. The number of thioether (sulfide) groups is 1. The molecule has 0 aliphatic carbocycles. The van der Waals surface area contributed by atoms with E-state index in [9.17, 15) is 4.79 Å². The molecular weight excluding hydrogens is 507 g/mol. The number of likely N-dealkylation sites (tertiary alicyclic amines) is 1. The Morgan fingerprint density at radius 2 is 1.78 bits per heavy atom. The van der Waals surface area contributed by atoms with Crippen LogP contribution in [0.15, 0.2) is 47.4 Å². The highest BCUT2D eigenvalue weighted by molar-refractivity contribution is 8.27. The minimum Gasteiger partial charge on any atom is -0.494 e. The Kier molecular flexibility index (Phi) is 9.29. The predicted octanol–water partition coefficient (Wildman–Crippen LogP) is 6.69. The standard InChI is InChI=1S/C23H22Cl2N2O2S2.ClH/c24-19-9-4-16(14-20(19)25)15-21-22(28)27(23(30)31-21)17-5-7-18(8-6-17)29-13-3-12-26-10-1-2-11-26;/h4-9,14-15H,1-3,10-13H2;1H. The van der Waals surface area contributed by atoms with Crippen LogP contribution in [0.4, 0.5) is 5.69 Å². The Bertz CT molecular complexity index is 1010. The number of rotatable bonds is 7. The van der Waals surface area contributed by atoms with Gasteiger partial charge >= 0.3 is 0 Å². The van der Waals surface area contributed by atoms with Crippen LogP contribution >= 0.6 is 59.6 Å². The van der Waals surface area contributed by atoms with Gasteiger partial charge in [-0.25, -0.2) is 0 Å². The summed E-state index contributed by atoms with van der Waals surface area (Å²) in [7, 11) is 0. The number of carbonyl (C=O) groups excluding carboxylic acids is 1. The number of carbonyl (C=O) groups is 1. The van der Waals surface area contributed by atoms with Crippen molar-refractivity contribution in [3.8, 4) is 5.75 Å². The largest absolute Gasteiger partial charge is 0.494 e. The maximum Gasteiger partial charge on any atom is 0.270 e. The number of amides is 1. The van der Waals surface area contributed by atoms with Crippen molar-refractivity contribution in [1.82, 2.24) is 4.90 Å². The van der Waals surface area contributed by atoms with Crippen molar-refractivity contribution in [1.29, 1.82) is 0 Å². The number of anilines is 1. The van der Waals surface area contributed by atoms with Crippen molar-refractivity contribution in [2.45, 2.75) is 19.3 Å². The Balaban J connectivity index is 0.00000289. The Morgan fingerprint density at radius 3 is 2.47 bits per heavy atom. The van der Waals surface area contributed by atoms with Crippen molar-refractivity contribution in [3.63, 3.8) is 0 Å². The second kappa shape index (κ2) is 11.7. The summed E-state index contributed by atoms with van der Waals surface area (Å²) in [6, 6.07) is 12.7. The van der Waals surface area contributed by atoms with Gasteiger partial charge in [-0.05, 0) is 80.4 Å². The van der Waals surface area contributed by atoms with E-state index in [4.69, 9.17) is 40.2 Å². The summed E-state index contributed by atoms with van der Waals surface area (Å²) in [6.07, 6.45) is 5.40. The molecule has 0 spiro atoms. The lowest BCUT2D eigenvalue weighted by Crippen LogP contribution is -2.27. The Hall–Kier alpha value is -1.28. The van der Waals surface area contributed by atoms with Gasteiger partial charge in [0, 0.05) is 6.54 Å². The molecule has 4 rings (SSSR count). The average molecular weight is 530 g/mol. The first-order valence-electron chi connectivity index (χ1n) is 10.2. The summed E-state index contributed by atoms with van der Waals surface area (Å²) in [5.74, 6) is 0.641. The molecule has 2 aliphatic heterocycles. The highest BCUT2D eigenvalue weighted by Gasteiger charge is 2.33. The van der Waals surface area contributed by atoms with E-state index in [1.54, 1.807) is 23.1 Å². The van der Waals surface area contributed by atoms with E-state index in [1.807, 2.05) is 30.3 Å². The first-order valence-corrected chi connectivity index (χ1v) is 12.2. The third-order valence-electron chi connectivity index (χ3n) is 5.22. The van der Waals surface area contributed by atoms with Crippen molar-refractivity contribution in [3.05, 3.63) is 63.0 Å². The van der Waals surface area contributed by atoms with Gasteiger partial charge < -0.3 is 9.64 Å². The summed E-state index contributed by atoms with van der Waals surface area (Å²) >= 11 is 18.8. The molecular formula is C23H23Cl3N2O2S2. The molecule has 9 heteroatoms. The average Bonchev–Trinajstić information content (AvgIpc) is 3.37. The fraction of sp³-hybridized carbons (Fsp3) is 0.304. The van der Waals surface area contributed by atoms with Crippen molar-refractivity contribution in [2.24, 2.45) is 0 Å². The number of nitrogens with zero attached hydrogens (tertiary/aromatic N) is 2. The minimum absolute atomic E-state index is 0. The molecule has 2 aliphatic rings. The van der Waals surface area contributed by atoms with E-state index in [-0.39, 0.29) is 18.3 Å². The fourth-order valence-corrected chi connectivity index (χ4v) is 5.23. The molecule has 2 saturated heterocycles. The van der Waals surface area contributed by atoms with Crippen LogP contribution in [0.25, 0.3) is 6.08 Å². The molecule has 4 nitrogen and oxygen atoms in total. The fourth-order valence-electron chi connectivity index (χ4n) is 3.62. The first-order chi connectivity index (χ1) is 15.0. The van der Waals surface area contributed by atoms with Crippen LogP contribution < -0.4 is 9.64 Å². The highest BCUT2D eigenvalue weighted by Crippen LogP contribution is 2.37. The van der Waals surface area contributed by atoms with Crippen LogP contribution in [-0.2, 0) is 4.79 Å². The second-order valence-electron chi connectivity index (χ2n) is 7.44. The molecule has 0 radical (unpaired) electrons. The molecule has 2 fully saturated rings. The van der Waals surface area contributed by atoms with Crippen LogP contribution in [0.1, 0.15) is 24.8 Å². The molecule has 2 heterocycles. The summed E-state index contributed by atoms with van der Waals surface area (Å²) in [5.41, 5.74) is 1.53. The monoisotopic (exact) mass is 528 g/mol. The smallest absolute Gasteiger partial charge is 0.270 e. The topological polar surface area (TPSA) is 32.8 Å². The lowest BCUT2D eigenvalue weighted by Gasteiger charge is -2.16. The molecule has 0 unspecified atom stereocenters. The lowest BCUT2D eigenvalue weighted by molar-refractivity contribution is -0.113. The molecule has 0 saturated carbocycles. The normalized spacial score (nSPS) is 17.8. The molecule has 0 atom stereocenters. The number of thiocarbonyl (C=S) groups is 1. The maximum atomic E-state index is 12.9. The van der Waals surface area contributed by atoms with E-state index in [2.05, 4.69) is 4.90 Å². The second-order valence-corrected chi connectivity index (χ2v) is 9.93. The zero-order chi connectivity index (χ0) is 21.8. The predicted molar refractivity (Wildman–Crippen MR) is 142 cm³/mol. The van der Waals surface area contributed by atoms with E-state index in [1.165, 1.54) is 37.7 Å². The van der Waals surface area contributed by atoms with Crippen LogP contribution in [0.5, 0.6) is 5.75 Å². The van der Waals surface area contributed by atoms with E-state index < -0.39 is 0 Å². The summed E-state index contributed by atoms with van der Waals surface area (Å²) in [5, 5.41) is 0.923. The van der Waals surface area contributed by atoms with E-state index in [0.29, 0.717) is 25.9 Å². The van der Waals surface area contributed by atoms with Gasteiger partial charge in [-0.15, -0.1) is 12.4 Å². The zero-order valence-electron chi connectivity index (χ0n) is 17.3. The molecule has 32 heavy (non-hydrogen) atoms. The molecule has 0 bridgehead atoms. The first kappa shape index (κ1) is 25.3. The quantitative estimate of drug-likeness (QED) is 0.227. The molecule has 2 aromatic carbocycles. The number of halogens is 3. The third-order valence-corrected chi connectivity index (χ3v) is 7.26. The highest BCUT2D eigenvalue weighted by atomic mass is 35.5. The Labute approximate surface area is 214 Å². The molecule has 1 amide bonds. The van der Waals surface area contributed by atoms with Gasteiger partial charge in [0.25, 0.3) is 5.91 Å². The van der Waals surface area contributed by atoms with Crippen LogP contribution in [0, 0.1) is 0 Å². The summed E-state index contributed by atoms with van der Waals surface area (Å²) < 4.78 is 6.35. The number of ether oxygens (including phenoxy) is 1. The van der Waals surface area contributed by atoms with Crippen LogP contribution in [0.3, 0.4) is 0 Å². The lowest BCUT2D eigenvalue weighted by atomic mass is 10.2. The van der Waals surface area contributed by atoms with Gasteiger partial charge in [0.1, 0.15) is 5.75 Å². The van der Waals surface area contributed by atoms with Gasteiger partial charge in [-0.1, -0.05) is 53.2 Å². The van der Waals surface area contributed by atoms with E-state index in [0.717, 1.165) is 30.0 Å². The Morgan fingerprint density at radius 1 is 1.06 bits per heavy atom. The van der Waals surface area contributed by atoms with E-state index >= 15 is 0 Å². The van der Waals surface area contributed by atoms with Crippen molar-refractivity contribution >= 4 is 81.6 Å². The van der Waals surface area contributed by atoms with Gasteiger partial charge in [-0.3, -0.25) is 9.69 Å². The number of hydrogen-bond acceptors (Lipinski definition) is 5. The van der Waals surface area contributed by atoms with Crippen LogP contribution in [-0.4, -0.2) is 41.4 Å². The minimum atomic E-state index is -0.152. The number of benzene rings is 2. The SMILES string of the molecule is Cl.O=C1C(=Cc2ccc(Cl)c(Cl)c2)SC(=S)N1c1ccc(OCCCN2CCCC2)cc1. The van der Waals surface area contributed by atoms with Gasteiger partial charge in [-0.2, -0.15) is 0 Å². The molecule has 0 aromatic heterocycles. The summed E-state index contributed by atoms with van der Waals surface area (Å²) in [4.78, 5) is 17.5. The van der Waals surface area contributed by atoms with Crippen molar-refractivity contribution in [2.75, 3.05) is 31.1 Å². The van der Waals surface area contributed by atoms with Gasteiger partial charge in [0.15, 0.2) is 4.32 Å².